The van der Waals surface area contributed by atoms with Crippen molar-refractivity contribution in [1.82, 2.24) is 40.4 Å². The topological polar surface area (TPSA) is 257 Å². The Kier molecular flexibility index (Phi) is 42.2. The fraction of sp³-hybridized carbons (Fsp3) is 0.188. The minimum absolute atomic E-state index is 0. The zero-order chi connectivity index (χ0) is 72.7. The van der Waals surface area contributed by atoms with Gasteiger partial charge in [-0.3, -0.25) is 0 Å². The third-order valence-electron chi connectivity index (χ3n) is 11.5. The summed E-state index contributed by atoms with van der Waals surface area (Å²) in [4.78, 5) is 8.37. The second kappa shape index (κ2) is 48.5. The maximum absolute atomic E-state index is 10.0. The van der Waals surface area contributed by atoms with E-state index in [2.05, 4.69) is 75.5 Å². The highest BCUT2D eigenvalue weighted by Crippen LogP contribution is 2.30. The molecule has 0 spiro atoms. The summed E-state index contributed by atoms with van der Waals surface area (Å²) in [7, 11) is 3.45. The van der Waals surface area contributed by atoms with E-state index in [1.54, 1.807) is 93.0 Å². The van der Waals surface area contributed by atoms with E-state index in [4.69, 9.17) is 194 Å². The minimum atomic E-state index is -0.232. The fourth-order valence-corrected chi connectivity index (χ4v) is 8.62. The molecule has 100 heavy (non-hydrogen) atoms. The molecule has 1 unspecified atom stereocenters. The summed E-state index contributed by atoms with van der Waals surface area (Å²) in [6.07, 6.45) is 10.8. The molecule has 6 aromatic carbocycles. The van der Waals surface area contributed by atoms with E-state index in [-0.39, 0.29) is 63.1 Å². The molecular weight excluding hydrogens is 1590 g/mol. The van der Waals surface area contributed by atoms with Crippen molar-refractivity contribution in [3.05, 3.63) is 229 Å². The van der Waals surface area contributed by atoms with Gasteiger partial charge in [0.05, 0.1) is 41.1 Å². The standard InChI is InChI=1S/C21H18Cl3N5O3.C11H12N4O.C10H7Cl4NO2.C10H8Cl3NO2.C10H6Cl3NO2.CH3Cl.CH4/c1-29-26-21(25-28-29)13-2-4-14(5-3-13)31-12-16-11-19(27-32-16)17-10-15(6-7-18(17)22)30-9-8-20(23)24;1-3-8-16-10-6-4-9(5-7-10)11-12-14-15(2)13-11;11-8-2-1-6(17-4-3-9(12)13)5-7(8)10(14)15-16;2*11-9-2-1-8(5-7(9)6-14-15)16-4-3-10(12)13;1-2;/h2-8,10,16H,9,11-12H2,1H3;3-7H,1,8H2,2H3;1-3,5,16H,4H2;1-3,5-6,15H,4H2;1-3,5H,4H2;1H3;1H4/b;;15-10-;14-6+;;;. The van der Waals surface area contributed by atoms with Crippen LogP contribution in [0.15, 0.2) is 192 Å². The fourth-order valence-electron chi connectivity index (χ4n) is 7.15. The van der Waals surface area contributed by atoms with Crippen molar-refractivity contribution in [2.45, 2.75) is 20.0 Å². The highest BCUT2D eigenvalue weighted by atomic mass is 35.5. The molecule has 0 amide bonds. The number of hydrogen-bond acceptors (Lipinski definition) is 19. The highest BCUT2D eigenvalue weighted by molar-refractivity contribution is 6.70. The lowest BCUT2D eigenvalue weighted by Crippen LogP contribution is -2.18. The molecule has 2 aromatic heterocycles. The van der Waals surface area contributed by atoms with Gasteiger partial charge in [-0.15, -0.1) is 32.0 Å². The molecule has 9 rings (SSSR count). The van der Waals surface area contributed by atoms with Crippen LogP contribution in [0.3, 0.4) is 0 Å². The molecule has 1 aliphatic heterocycles. The van der Waals surface area contributed by atoms with Crippen LogP contribution in [0.5, 0.6) is 34.5 Å². The van der Waals surface area contributed by atoms with Gasteiger partial charge in [-0.2, -0.15) is 9.59 Å². The number of benzene rings is 6. The van der Waals surface area contributed by atoms with Crippen LogP contribution in [0.4, 0.5) is 0 Å². The Hall–Kier alpha value is -7.28. The maximum atomic E-state index is 10.0. The van der Waals surface area contributed by atoms with Gasteiger partial charge in [0.2, 0.25) is 11.6 Å². The van der Waals surface area contributed by atoms with Crippen LogP contribution >= 0.6 is 162 Å². The van der Waals surface area contributed by atoms with E-state index in [0.717, 1.165) is 28.2 Å². The van der Waals surface area contributed by atoms with Gasteiger partial charge >= 0.3 is 6.07 Å². The van der Waals surface area contributed by atoms with Crippen LogP contribution in [-0.4, -0.2) is 120 Å². The number of rotatable bonds is 23. The maximum Gasteiger partial charge on any atom is 0.338 e. The lowest BCUT2D eigenvalue weighted by Gasteiger charge is -2.11. The summed E-state index contributed by atoms with van der Waals surface area (Å²) >= 11 is 77.9. The largest absolute Gasteiger partial charge is 0.498 e. The molecular formula is C64H58Cl14N12O10. The molecule has 1 aliphatic rings. The quantitative estimate of drug-likeness (QED) is 0.0198. The first-order chi connectivity index (χ1) is 47.6. The van der Waals surface area contributed by atoms with Crippen LogP contribution in [0.2, 0.25) is 20.1 Å². The van der Waals surface area contributed by atoms with Crippen molar-refractivity contribution in [2.24, 2.45) is 29.6 Å². The summed E-state index contributed by atoms with van der Waals surface area (Å²) in [5.41, 5.74) is 4.54. The summed E-state index contributed by atoms with van der Waals surface area (Å²) in [5, 5.41) is 64.9. The van der Waals surface area contributed by atoms with Crippen molar-refractivity contribution in [1.29, 1.82) is 0 Å². The molecule has 0 bridgehead atoms. The first kappa shape index (κ1) is 86.9. The van der Waals surface area contributed by atoms with E-state index in [0.29, 0.717) is 96.8 Å². The molecule has 3 heterocycles. The predicted molar refractivity (Wildman–Crippen MR) is 404 cm³/mol. The summed E-state index contributed by atoms with van der Waals surface area (Å²) in [6.45, 7) is 5.35. The molecule has 2 N–H and O–H groups in total. The first-order valence-corrected chi connectivity index (χ1v) is 33.3. The minimum Gasteiger partial charge on any atom is -0.498 e. The molecule has 36 heteroatoms. The van der Waals surface area contributed by atoms with E-state index < -0.39 is 0 Å². The smallest absolute Gasteiger partial charge is 0.338 e. The van der Waals surface area contributed by atoms with E-state index in [1.807, 2.05) is 54.6 Å². The summed E-state index contributed by atoms with van der Waals surface area (Å²) < 4.78 is 33.3. The van der Waals surface area contributed by atoms with E-state index >= 15 is 0 Å². The molecule has 8 aromatic rings. The Labute approximate surface area is 645 Å². The van der Waals surface area contributed by atoms with Crippen LogP contribution in [0, 0.1) is 11.3 Å². The average Bonchev–Trinajstić information content (AvgIpc) is 1.61. The van der Waals surface area contributed by atoms with Crippen LogP contribution in [0.25, 0.3) is 27.8 Å². The molecule has 22 nitrogen and oxygen atoms in total. The van der Waals surface area contributed by atoms with Gasteiger partial charge in [0.25, 0.3) is 0 Å². The first-order valence-electron chi connectivity index (χ1n) is 27.6. The SMILES string of the molecule is C.C=CCOc1ccc(-c2nnn(C)n2)cc1.CCl.Cn1nnc(-c2ccc(OCC3CC(c4cc(OCC=C(Cl)Cl)ccc4Cl)=NO3)cc2)n1.O/N=C(\Cl)c1cc(OCC=C(Cl)Cl)ccc1Cl.O/N=C/c1cc(OCC=C(Cl)Cl)ccc1Cl.[O-][N+]#Cc1cc(OCC=C(Cl)Cl)ccc1Cl. The number of aromatic nitrogens is 8. The molecule has 1 atom stereocenters. The van der Waals surface area contributed by atoms with E-state index in [9.17, 15) is 5.21 Å². The van der Waals surface area contributed by atoms with Crippen LogP contribution < -0.4 is 28.4 Å². The Morgan fingerprint density at radius 1 is 0.580 bits per heavy atom. The monoisotopic (exact) mass is 1640 g/mol. The van der Waals surface area contributed by atoms with Gasteiger partial charge in [0, 0.05) is 56.7 Å². The van der Waals surface area contributed by atoms with Gasteiger partial charge in [-0.05, 0) is 150 Å². The van der Waals surface area contributed by atoms with E-state index in [1.165, 1.54) is 40.4 Å². The van der Waals surface area contributed by atoms with Crippen LogP contribution in [0.1, 0.15) is 36.1 Å². The molecule has 532 valence electrons. The van der Waals surface area contributed by atoms with Crippen molar-refractivity contribution >= 4 is 180 Å². The molecule has 0 aliphatic carbocycles. The zero-order valence-electron chi connectivity index (χ0n) is 51.6. The number of ether oxygens (including phenoxy) is 6. The third kappa shape index (κ3) is 33.0. The number of tetrazole rings is 2. The van der Waals surface area contributed by atoms with Gasteiger partial charge in [0.1, 0.15) is 97.7 Å². The zero-order valence-corrected chi connectivity index (χ0v) is 62.1. The number of aryl methyl sites for hydroxylation is 2. The lowest BCUT2D eigenvalue weighted by atomic mass is 10.0. The molecule has 0 fully saturated rings. The Balaban J connectivity index is 0.000000335. The Morgan fingerprint density at radius 3 is 1.44 bits per heavy atom. The third-order valence-corrected chi connectivity index (χ3v) is 14.3. The molecule has 0 saturated carbocycles. The average molecular weight is 1650 g/mol. The second-order valence-electron chi connectivity index (χ2n) is 18.3. The number of hydrogen-bond donors (Lipinski definition) is 2. The van der Waals surface area contributed by atoms with Gasteiger partial charge < -0.3 is 48.9 Å². The predicted octanol–water partition coefficient (Wildman–Crippen LogP) is 20.2. The second-order valence-corrected chi connectivity index (χ2v) is 24.3. The van der Waals surface area contributed by atoms with Crippen molar-refractivity contribution in [2.75, 3.05) is 46.0 Å². The number of halogens is 14. The molecule has 0 radical (unpaired) electrons. The van der Waals surface area contributed by atoms with Crippen molar-refractivity contribution in [3.8, 4) is 63.3 Å². The Bertz CT molecular complexity index is 4140. The highest BCUT2D eigenvalue weighted by Gasteiger charge is 2.25. The number of alkyl halides is 1. The summed E-state index contributed by atoms with van der Waals surface area (Å²) in [6, 6.07) is 37.0. The van der Waals surface area contributed by atoms with Gasteiger partial charge in [-0.25, -0.2) is 0 Å². The number of nitrogens with zero attached hydrogens (tertiary/aromatic N) is 12. The van der Waals surface area contributed by atoms with Gasteiger partial charge in [-0.1, -0.05) is 186 Å². The normalized spacial score (nSPS) is 11.5. The van der Waals surface area contributed by atoms with Gasteiger partial charge in [0.15, 0.2) is 11.3 Å². The summed E-state index contributed by atoms with van der Waals surface area (Å²) in [5.74, 6) is 4.87. The van der Waals surface area contributed by atoms with Crippen LogP contribution in [-0.2, 0) is 18.9 Å². The van der Waals surface area contributed by atoms with Crippen molar-refractivity contribution < 1.29 is 43.7 Å². The number of oxime groups is 3. The van der Waals surface area contributed by atoms with Crippen molar-refractivity contribution in [3.63, 3.8) is 0 Å². The molecule has 0 saturated heterocycles. The lowest BCUT2D eigenvalue weighted by molar-refractivity contribution is 0.0471. The Morgan fingerprint density at radius 2 is 1.00 bits per heavy atom.